The van der Waals surface area contributed by atoms with Gasteiger partial charge in [-0.2, -0.15) is 0 Å². The Morgan fingerprint density at radius 3 is 2.55 bits per heavy atom. The zero-order valence-electron chi connectivity index (χ0n) is 12.5. The highest BCUT2D eigenvalue weighted by atomic mass is 16.5. The molecule has 0 aliphatic carbocycles. The fraction of sp³-hybridized carbons (Fsp3) is 0.312. The molecule has 0 unspecified atom stereocenters. The minimum Gasteiger partial charge on any atom is -0.473 e. The van der Waals surface area contributed by atoms with E-state index in [4.69, 9.17) is 4.74 Å². The first-order valence-corrected chi connectivity index (χ1v) is 6.65. The number of rotatable bonds is 5. The average Bonchev–Trinajstić information content (AvgIpc) is 2.44. The molecular weight excluding hydrogens is 250 g/mol. The molecule has 0 aliphatic heterocycles. The highest BCUT2D eigenvalue weighted by Gasteiger charge is 2.10. The molecule has 106 valence electrons. The number of nitrogens with one attached hydrogen (secondary N) is 1. The molecule has 0 fully saturated rings. The number of hydrogen-bond acceptors (Lipinski definition) is 4. The van der Waals surface area contributed by atoms with E-state index in [9.17, 15) is 0 Å². The summed E-state index contributed by atoms with van der Waals surface area (Å²) >= 11 is 0. The minimum atomic E-state index is 0.487. The van der Waals surface area contributed by atoms with E-state index in [1.165, 1.54) is 0 Å². The molecule has 2 rings (SSSR count). The zero-order chi connectivity index (χ0) is 14.5. The number of pyridine rings is 1. The minimum absolute atomic E-state index is 0.487. The van der Waals surface area contributed by atoms with Crippen molar-refractivity contribution in [3.8, 4) is 5.88 Å². The molecule has 0 amide bonds. The lowest BCUT2D eigenvalue weighted by molar-refractivity contribution is 0.294. The summed E-state index contributed by atoms with van der Waals surface area (Å²) in [4.78, 5) is 6.45. The number of aryl methyl sites for hydroxylation is 1. The first kappa shape index (κ1) is 14.2. The molecule has 0 aliphatic rings. The fourth-order valence-electron chi connectivity index (χ4n) is 2.12. The van der Waals surface area contributed by atoms with Crippen molar-refractivity contribution in [3.05, 3.63) is 47.7 Å². The second kappa shape index (κ2) is 6.28. The van der Waals surface area contributed by atoms with Crippen LogP contribution < -0.4 is 15.0 Å². The predicted octanol–water partition coefficient (Wildman–Crippen LogP) is 3.08. The van der Waals surface area contributed by atoms with Gasteiger partial charge in [-0.3, -0.25) is 0 Å². The van der Waals surface area contributed by atoms with Crippen LogP contribution in [0.4, 0.5) is 11.4 Å². The van der Waals surface area contributed by atoms with Crippen LogP contribution in [-0.2, 0) is 6.61 Å². The first-order chi connectivity index (χ1) is 9.61. The summed E-state index contributed by atoms with van der Waals surface area (Å²) in [6.07, 6.45) is 0. The maximum Gasteiger partial charge on any atom is 0.213 e. The Kier molecular flexibility index (Phi) is 4.45. The number of ether oxygens (including phenoxy) is 1. The Morgan fingerprint density at radius 2 is 1.90 bits per heavy atom. The third-order valence-electron chi connectivity index (χ3n) is 3.13. The van der Waals surface area contributed by atoms with Crippen LogP contribution in [-0.4, -0.2) is 26.1 Å². The van der Waals surface area contributed by atoms with Gasteiger partial charge in [0.2, 0.25) is 5.88 Å². The smallest absolute Gasteiger partial charge is 0.213 e. The van der Waals surface area contributed by atoms with Gasteiger partial charge in [-0.15, -0.1) is 0 Å². The Labute approximate surface area is 120 Å². The first-order valence-electron chi connectivity index (χ1n) is 6.65. The van der Waals surface area contributed by atoms with Crippen molar-refractivity contribution in [2.45, 2.75) is 13.5 Å². The van der Waals surface area contributed by atoms with Gasteiger partial charge in [0.05, 0.1) is 0 Å². The largest absolute Gasteiger partial charge is 0.473 e. The average molecular weight is 271 g/mol. The number of aromatic nitrogens is 1. The van der Waals surface area contributed by atoms with Gasteiger partial charge in [0, 0.05) is 49.8 Å². The van der Waals surface area contributed by atoms with Crippen LogP contribution in [0.1, 0.15) is 11.3 Å². The Morgan fingerprint density at radius 1 is 1.15 bits per heavy atom. The summed E-state index contributed by atoms with van der Waals surface area (Å²) in [6.45, 7) is 2.45. The van der Waals surface area contributed by atoms with E-state index >= 15 is 0 Å². The highest BCUT2D eigenvalue weighted by molar-refractivity contribution is 5.66. The lowest BCUT2D eigenvalue weighted by atomic mass is 10.1. The van der Waals surface area contributed by atoms with Gasteiger partial charge in [-0.1, -0.05) is 12.1 Å². The van der Waals surface area contributed by atoms with E-state index < -0.39 is 0 Å². The summed E-state index contributed by atoms with van der Waals surface area (Å²) in [5.41, 5.74) is 4.30. The van der Waals surface area contributed by atoms with E-state index in [1.54, 1.807) is 0 Å². The molecule has 20 heavy (non-hydrogen) atoms. The Bertz CT molecular complexity index is 582. The van der Waals surface area contributed by atoms with Gasteiger partial charge in [0.25, 0.3) is 0 Å². The maximum absolute atomic E-state index is 5.83. The predicted molar refractivity (Wildman–Crippen MR) is 83.6 cm³/mol. The standard InChI is InChI=1S/C16H21N3O/c1-12-7-5-10-16(18-12)20-11-13-14(17-2)8-6-9-15(13)19(3)4/h5-10,17H,11H2,1-4H3. The topological polar surface area (TPSA) is 37.4 Å². The fourth-order valence-corrected chi connectivity index (χ4v) is 2.12. The molecule has 4 nitrogen and oxygen atoms in total. The highest BCUT2D eigenvalue weighted by Crippen LogP contribution is 2.27. The van der Waals surface area contributed by atoms with Crippen LogP contribution in [0.3, 0.4) is 0 Å². The Balaban J connectivity index is 2.24. The molecule has 0 spiro atoms. The van der Waals surface area contributed by atoms with Gasteiger partial charge >= 0.3 is 0 Å². The molecule has 1 aromatic carbocycles. The SMILES string of the molecule is CNc1cccc(N(C)C)c1COc1cccc(C)n1. The molecule has 0 bridgehead atoms. The van der Waals surface area contributed by atoms with Crippen LogP contribution in [0, 0.1) is 6.92 Å². The molecule has 1 heterocycles. The second-order valence-corrected chi connectivity index (χ2v) is 4.85. The van der Waals surface area contributed by atoms with Crippen molar-refractivity contribution in [1.82, 2.24) is 4.98 Å². The summed E-state index contributed by atoms with van der Waals surface area (Å²) < 4.78 is 5.83. The van der Waals surface area contributed by atoms with Crippen LogP contribution in [0.5, 0.6) is 5.88 Å². The summed E-state index contributed by atoms with van der Waals surface area (Å²) in [5.74, 6) is 0.653. The normalized spacial score (nSPS) is 10.2. The van der Waals surface area contributed by atoms with Crippen LogP contribution in [0.2, 0.25) is 0 Å². The molecular formula is C16H21N3O. The van der Waals surface area contributed by atoms with Crippen molar-refractivity contribution in [2.24, 2.45) is 0 Å². The van der Waals surface area contributed by atoms with Crippen molar-refractivity contribution in [3.63, 3.8) is 0 Å². The molecule has 0 radical (unpaired) electrons. The third-order valence-corrected chi connectivity index (χ3v) is 3.13. The lowest BCUT2D eigenvalue weighted by Crippen LogP contribution is -2.14. The van der Waals surface area contributed by atoms with E-state index in [0.717, 1.165) is 22.6 Å². The van der Waals surface area contributed by atoms with E-state index in [-0.39, 0.29) is 0 Å². The molecule has 2 aromatic rings. The quantitative estimate of drug-likeness (QED) is 0.907. The molecule has 1 aromatic heterocycles. The van der Waals surface area contributed by atoms with Crippen molar-refractivity contribution in [1.29, 1.82) is 0 Å². The Hall–Kier alpha value is -2.23. The van der Waals surface area contributed by atoms with Crippen molar-refractivity contribution >= 4 is 11.4 Å². The number of nitrogens with zero attached hydrogens (tertiary/aromatic N) is 2. The molecule has 4 heteroatoms. The molecule has 0 saturated heterocycles. The number of anilines is 2. The van der Waals surface area contributed by atoms with Gasteiger partial charge < -0.3 is 15.0 Å². The number of hydrogen-bond donors (Lipinski definition) is 1. The van der Waals surface area contributed by atoms with Crippen LogP contribution in [0.25, 0.3) is 0 Å². The second-order valence-electron chi connectivity index (χ2n) is 4.85. The van der Waals surface area contributed by atoms with E-state index in [1.807, 2.05) is 52.3 Å². The molecule has 0 atom stereocenters. The monoisotopic (exact) mass is 271 g/mol. The van der Waals surface area contributed by atoms with Gasteiger partial charge in [-0.25, -0.2) is 4.98 Å². The lowest BCUT2D eigenvalue weighted by Gasteiger charge is -2.20. The van der Waals surface area contributed by atoms with Gasteiger partial charge in [0.1, 0.15) is 6.61 Å². The zero-order valence-corrected chi connectivity index (χ0v) is 12.5. The molecule has 1 N–H and O–H groups in total. The van der Waals surface area contributed by atoms with Crippen molar-refractivity contribution in [2.75, 3.05) is 31.4 Å². The van der Waals surface area contributed by atoms with E-state index in [0.29, 0.717) is 12.5 Å². The summed E-state index contributed by atoms with van der Waals surface area (Å²) in [7, 11) is 5.98. The van der Waals surface area contributed by atoms with Gasteiger partial charge in [0.15, 0.2) is 0 Å². The maximum atomic E-state index is 5.83. The van der Waals surface area contributed by atoms with Crippen molar-refractivity contribution < 1.29 is 4.74 Å². The van der Waals surface area contributed by atoms with E-state index in [2.05, 4.69) is 27.3 Å². The summed E-state index contributed by atoms with van der Waals surface area (Å²) in [6, 6.07) is 12.0. The third kappa shape index (κ3) is 3.20. The van der Waals surface area contributed by atoms with Crippen LogP contribution >= 0.6 is 0 Å². The summed E-state index contributed by atoms with van der Waals surface area (Å²) in [5, 5.41) is 3.21. The van der Waals surface area contributed by atoms with Crippen LogP contribution in [0.15, 0.2) is 36.4 Å². The molecule has 0 saturated carbocycles. The number of benzene rings is 1. The van der Waals surface area contributed by atoms with Gasteiger partial charge in [-0.05, 0) is 25.1 Å².